The third-order valence-corrected chi connectivity index (χ3v) is 7.25. The lowest BCUT2D eigenvalue weighted by Crippen LogP contribution is -2.52. The Morgan fingerprint density at radius 1 is 0.971 bits per heavy atom. The van der Waals surface area contributed by atoms with Gasteiger partial charge in [0.1, 0.15) is 18.3 Å². The Morgan fingerprint density at radius 3 is 2.09 bits per heavy atom. The summed E-state index contributed by atoms with van der Waals surface area (Å²) in [5, 5.41) is 2.86. The van der Waals surface area contributed by atoms with Crippen LogP contribution in [0.5, 0.6) is 5.75 Å². The smallest absolute Gasteiger partial charge is 0.304 e. The highest BCUT2D eigenvalue weighted by molar-refractivity contribution is 7.90. The van der Waals surface area contributed by atoms with Gasteiger partial charge in [0, 0.05) is 27.2 Å². The maximum atomic E-state index is 13.6. The Kier molecular flexibility index (Phi) is 10.1. The van der Waals surface area contributed by atoms with Crippen LogP contribution in [0.4, 0.5) is 5.69 Å². The minimum atomic E-state index is -3.97. The van der Waals surface area contributed by atoms with E-state index in [-0.39, 0.29) is 18.4 Å². The van der Waals surface area contributed by atoms with E-state index in [4.69, 9.17) is 4.74 Å². The van der Waals surface area contributed by atoms with Gasteiger partial charge in [-0.05, 0) is 42.7 Å². The van der Waals surface area contributed by atoms with Gasteiger partial charge in [-0.2, -0.15) is 12.7 Å². The average Bonchev–Trinajstić information content (AvgIpc) is 2.84. The van der Waals surface area contributed by atoms with Gasteiger partial charge in [-0.15, -0.1) is 0 Å². The van der Waals surface area contributed by atoms with Gasteiger partial charge in [-0.3, -0.25) is 9.59 Å². The van der Waals surface area contributed by atoms with Gasteiger partial charge in [-0.25, -0.2) is 4.31 Å². The second-order valence-electron chi connectivity index (χ2n) is 8.82. The minimum Gasteiger partial charge on any atom is -0.497 e. The molecule has 0 aliphatic heterocycles. The second-order valence-corrected chi connectivity index (χ2v) is 10.9. The van der Waals surface area contributed by atoms with Crippen LogP contribution in [-0.2, 0) is 26.3 Å². The van der Waals surface area contributed by atoms with Crippen LogP contribution in [0.3, 0.4) is 0 Å². The molecular weight excluding hydrogens is 468 g/mol. The number of benzene rings is 2. The van der Waals surface area contributed by atoms with Crippen LogP contribution in [0.2, 0.25) is 0 Å². The zero-order valence-electron chi connectivity index (χ0n) is 21.3. The van der Waals surface area contributed by atoms with Gasteiger partial charge in [0.2, 0.25) is 11.8 Å². The quantitative estimate of drug-likeness (QED) is 0.479. The lowest BCUT2D eigenvalue weighted by molar-refractivity contribution is -0.139. The second kappa shape index (κ2) is 12.6. The number of para-hydroxylation sites is 1. The van der Waals surface area contributed by atoms with Crippen molar-refractivity contribution in [2.75, 3.05) is 38.6 Å². The van der Waals surface area contributed by atoms with Crippen LogP contribution in [-0.4, -0.2) is 69.8 Å². The Hall–Kier alpha value is -3.11. The van der Waals surface area contributed by atoms with Crippen LogP contribution in [0, 0.1) is 5.92 Å². The van der Waals surface area contributed by atoms with Gasteiger partial charge in [0.25, 0.3) is 0 Å². The molecule has 0 aliphatic rings. The number of nitrogens with zero attached hydrogens (tertiary/aromatic N) is 3. The van der Waals surface area contributed by atoms with Crippen LogP contribution in [0.1, 0.15) is 26.3 Å². The molecule has 0 bridgehead atoms. The van der Waals surface area contributed by atoms with E-state index >= 15 is 0 Å². The standard InChI is InChI=1S/C25H36N4O5S/c1-19(2)16-26-25(31)20(3)28(17-21-12-14-23(34-6)15-13-21)24(30)18-29(35(32,33)27(4)5)22-10-8-7-9-11-22/h7-15,19-20H,16-18H2,1-6H3,(H,26,31)/t20-/m1/s1. The SMILES string of the molecule is COc1ccc(CN(C(=O)CN(c2ccccc2)S(=O)(=O)N(C)C)[C@H](C)C(=O)NCC(C)C)cc1. The summed E-state index contributed by atoms with van der Waals surface area (Å²) in [7, 11) is 0.416. The minimum absolute atomic E-state index is 0.129. The topological polar surface area (TPSA) is 99.3 Å². The summed E-state index contributed by atoms with van der Waals surface area (Å²) >= 11 is 0. The first-order chi connectivity index (χ1) is 16.5. The fraction of sp³-hybridized carbons (Fsp3) is 0.440. The van der Waals surface area contributed by atoms with Gasteiger partial charge in [-0.1, -0.05) is 44.2 Å². The summed E-state index contributed by atoms with van der Waals surface area (Å²) in [6.07, 6.45) is 0. The molecule has 2 aromatic carbocycles. The molecule has 192 valence electrons. The molecule has 0 aromatic heterocycles. The van der Waals surface area contributed by atoms with E-state index in [0.717, 1.165) is 14.2 Å². The van der Waals surface area contributed by atoms with Crippen LogP contribution >= 0.6 is 0 Å². The molecule has 0 saturated carbocycles. The molecule has 10 heteroatoms. The normalized spacial score (nSPS) is 12.3. The summed E-state index contributed by atoms with van der Waals surface area (Å²) in [6, 6.07) is 14.8. The molecule has 2 amide bonds. The number of anilines is 1. The van der Waals surface area contributed by atoms with Crippen molar-refractivity contribution in [1.82, 2.24) is 14.5 Å². The Morgan fingerprint density at radius 2 is 1.57 bits per heavy atom. The number of hydrogen-bond acceptors (Lipinski definition) is 5. The molecule has 0 heterocycles. The fourth-order valence-corrected chi connectivity index (χ4v) is 4.33. The largest absolute Gasteiger partial charge is 0.497 e. The number of amides is 2. The number of nitrogens with one attached hydrogen (secondary N) is 1. The zero-order valence-corrected chi connectivity index (χ0v) is 22.1. The summed E-state index contributed by atoms with van der Waals surface area (Å²) in [4.78, 5) is 27.9. The molecule has 9 nitrogen and oxygen atoms in total. The predicted octanol–water partition coefficient (Wildman–Crippen LogP) is 2.50. The molecule has 35 heavy (non-hydrogen) atoms. The van der Waals surface area contributed by atoms with Crippen LogP contribution in [0.15, 0.2) is 54.6 Å². The summed E-state index contributed by atoms with van der Waals surface area (Å²) in [5.74, 6) is 0.113. The van der Waals surface area contributed by atoms with Gasteiger partial charge in [0.05, 0.1) is 12.8 Å². The van der Waals surface area contributed by atoms with E-state index in [1.165, 1.54) is 19.0 Å². The Bertz CT molecular complexity index is 1070. The van der Waals surface area contributed by atoms with Crippen molar-refractivity contribution in [2.45, 2.75) is 33.4 Å². The number of rotatable bonds is 12. The predicted molar refractivity (Wildman–Crippen MR) is 137 cm³/mol. The van der Waals surface area contributed by atoms with E-state index in [1.807, 2.05) is 26.0 Å². The lowest BCUT2D eigenvalue weighted by atomic mass is 10.1. The molecule has 2 aromatic rings. The van der Waals surface area contributed by atoms with Crippen molar-refractivity contribution in [1.29, 1.82) is 0 Å². The first-order valence-electron chi connectivity index (χ1n) is 11.4. The van der Waals surface area contributed by atoms with Gasteiger partial charge >= 0.3 is 10.2 Å². The van der Waals surface area contributed by atoms with Crippen LogP contribution < -0.4 is 14.4 Å². The van der Waals surface area contributed by atoms with E-state index in [9.17, 15) is 18.0 Å². The summed E-state index contributed by atoms with van der Waals surface area (Å²) < 4.78 is 33.5. The van der Waals surface area contributed by atoms with Crippen molar-refractivity contribution in [3.05, 3.63) is 60.2 Å². The molecule has 1 N–H and O–H groups in total. The molecule has 0 fully saturated rings. The summed E-state index contributed by atoms with van der Waals surface area (Å²) in [6.45, 7) is 5.75. The third kappa shape index (κ3) is 7.69. The highest BCUT2D eigenvalue weighted by Gasteiger charge is 2.32. The van der Waals surface area contributed by atoms with Crippen molar-refractivity contribution in [3.63, 3.8) is 0 Å². The Labute approximate surface area is 208 Å². The number of ether oxygens (including phenoxy) is 1. The van der Waals surface area contributed by atoms with Gasteiger partial charge < -0.3 is 15.0 Å². The molecule has 0 radical (unpaired) electrons. The fourth-order valence-electron chi connectivity index (χ4n) is 3.27. The van der Waals surface area contributed by atoms with E-state index in [0.29, 0.717) is 18.0 Å². The number of carbonyl (C=O) groups is 2. The average molecular weight is 505 g/mol. The number of hydrogen-bond donors (Lipinski definition) is 1. The molecule has 0 unspecified atom stereocenters. The highest BCUT2D eigenvalue weighted by Crippen LogP contribution is 2.21. The van der Waals surface area contributed by atoms with Crippen LogP contribution in [0.25, 0.3) is 0 Å². The lowest BCUT2D eigenvalue weighted by Gasteiger charge is -2.33. The summed E-state index contributed by atoms with van der Waals surface area (Å²) in [5.41, 5.74) is 1.14. The van der Waals surface area contributed by atoms with Crippen molar-refractivity contribution in [2.24, 2.45) is 5.92 Å². The number of carbonyl (C=O) groups excluding carboxylic acids is 2. The molecule has 1 atom stereocenters. The van der Waals surface area contributed by atoms with Crippen molar-refractivity contribution >= 4 is 27.7 Å². The van der Waals surface area contributed by atoms with Crippen molar-refractivity contribution < 1.29 is 22.7 Å². The van der Waals surface area contributed by atoms with Gasteiger partial charge in [0.15, 0.2) is 0 Å². The zero-order chi connectivity index (χ0) is 26.2. The molecule has 2 rings (SSSR count). The highest BCUT2D eigenvalue weighted by atomic mass is 32.2. The monoisotopic (exact) mass is 504 g/mol. The maximum Gasteiger partial charge on any atom is 0.304 e. The van der Waals surface area contributed by atoms with Crippen molar-refractivity contribution in [3.8, 4) is 5.75 Å². The molecule has 0 spiro atoms. The first-order valence-corrected chi connectivity index (χ1v) is 12.8. The number of methoxy groups -OCH3 is 1. The maximum absolute atomic E-state index is 13.6. The van der Waals surface area contributed by atoms with E-state index in [1.54, 1.807) is 56.5 Å². The first kappa shape index (κ1) is 28.1. The molecular formula is C25H36N4O5S. The third-order valence-electron chi connectivity index (χ3n) is 5.43. The van der Waals surface area contributed by atoms with E-state index < -0.39 is 28.7 Å². The molecule has 0 saturated heterocycles. The van der Waals surface area contributed by atoms with E-state index in [2.05, 4.69) is 5.32 Å². The Balaban J connectivity index is 2.39. The molecule has 0 aliphatic carbocycles.